The third kappa shape index (κ3) is 5.93. The molecule has 1 atom stereocenters. The monoisotopic (exact) mass is 208 g/mol. The number of carbonyl (C=O) groups is 3. The predicted octanol–water partition coefficient (Wildman–Crippen LogP) is -0.769. The van der Waals surface area contributed by atoms with E-state index < -0.39 is 29.6 Å². The number of rotatable bonds is 5. The van der Waals surface area contributed by atoms with Gasteiger partial charge in [0.15, 0.2) is 0 Å². The standard InChI is InChI=1S/C5H8N2O5S/c6-5(12)13-7-2(4(10)11)1-3(8)9/h2,7H,1H2,(H2,6,12)(H,8,9)(H,10,11)/t2-/m0/s1. The van der Waals surface area contributed by atoms with Crippen LogP contribution in [-0.4, -0.2) is 33.4 Å². The summed E-state index contributed by atoms with van der Waals surface area (Å²) in [5.74, 6) is -2.62. The van der Waals surface area contributed by atoms with Gasteiger partial charge < -0.3 is 15.9 Å². The van der Waals surface area contributed by atoms with Crippen molar-refractivity contribution in [1.29, 1.82) is 0 Å². The lowest BCUT2D eigenvalue weighted by molar-refractivity contribution is -0.145. The smallest absolute Gasteiger partial charge is 0.322 e. The van der Waals surface area contributed by atoms with Gasteiger partial charge in [-0.25, -0.2) is 4.72 Å². The second-order valence-corrected chi connectivity index (χ2v) is 2.87. The Morgan fingerprint density at radius 2 is 1.92 bits per heavy atom. The second kappa shape index (κ2) is 5.38. The van der Waals surface area contributed by atoms with Gasteiger partial charge in [0.1, 0.15) is 6.04 Å². The summed E-state index contributed by atoms with van der Waals surface area (Å²) >= 11 is 0.354. The third-order valence-corrected chi connectivity index (χ3v) is 1.58. The largest absolute Gasteiger partial charge is 0.481 e. The molecule has 8 heteroatoms. The van der Waals surface area contributed by atoms with Crippen LogP contribution in [0.2, 0.25) is 0 Å². The summed E-state index contributed by atoms with van der Waals surface area (Å²) in [5, 5.41) is 15.9. The average Bonchev–Trinajstić information content (AvgIpc) is 1.96. The number of primary amides is 1. The topological polar surface area (TPSA) is 130 Å². The van der Waals surface area contributed by atoms with Gasteiger partial charge in [-0.3, -0.25) is 14.4 Å². The van der Waals surface area contributed by atoms with E-state index in [9.17, 15) is 14.4 Å². The lowest BCUT2D eigenvalue weighted by atomic mass is 10.2. The molecule has 0 spiro atoms. The van der Waals surface area contributed by atoms with Crippen LogP contribution < -0.4 is 10.5 Å². The molecular formula is C5H8N2O5S. The van der Waals surface area contributed by atoms with Gasteiger partial charge in [0.25, 0.3) is 5.24 Å². The Morgan fingerprint density at radius 1 is 1.38 bits per heavy atom. The van der Waals surface area contributed by atoms with Crippen LogP contribution in [0.5, 0.6) is 0 Å². The highest BCUT2D eigenvalue weighted by molar-refractivity contribution is 8.11. The van der Waals surface area contributed by atoms with E-state index in [0.717, 1.165) is 0 Å². The minimum atomic E-state index is -1.35. The number of carbonyl (C=O) groups excluding carboxylic acids is 1. The minimum absolute atomic E-state index is 0.354. The predicted molar refractivity (Wildman–Crippen MR) is 44.0 cm³/mol. The number of nitrogens with two attached hydrogens (primary N) is 1. The van der Waals surface area contributed by atoms with Crippen LogP contribution >= 0.6 is 11.9 Å². The highest BCUT2D eigenvalue weighted by atomic mass is 32.2. The van der Waals surface area contributed by atoms with Crippen molar-refractivity contribution in [2.24, 2.45) is 5.73 Å². The molecule has 0 fully saturated rings. The zero-order valence-corrected chi connectivity index (χ0v) is 7.21. The Kier molecular flexibility index (Phi) is 4.85. The first-order valence-corrected chi connectivity index (χ1v) is 3.91. The number of carboxylic acid groups (broad SMARTS) is 2. The zero-order valence-electron chi connectivity index (χ0n) is 6.39. The molecule has 0 aromatic carbocycles. The normalized spacial score (nSPS) is 12.0. The summed E-state index contributed by atoms with van der Waals surface area (Å²) in [4.78, 5) is 30.7. The first-order chi connectivity index (χ1) is 5.93. The van der Waals surface area contributed by atoms with E-state index in [4.69, 9.17) is 15.9 Å². The maximum Gasteiger partial charge on any atom is 0.322 e. The van der Waals surface area contributed by atoms with Gasteiger partial charge in [0, 0.05) is 11.9 Å². The van der Waals surface area contributed by atoms with E-state index in [1.807, 2.05) is 0 Å². The molecule has 0 unspecified atom stereocenters. The van der Waals surface area contributed by atoms with Gasteiger partial charge >= 0.3 is 11.9 Å². The second-order valence-electron chi connectivity index (χ2n) is 2.03. The Labute approximate surface area is 77.4 Å². The molecular weight excluding hydrogens is 200 g/mol. The summed E-state index contributed by atoms with van der Waals surface area (Å²) in [6.45, 7) is 0. The van der Waals surface area contributed by atoms with Crippen molar-refractivity contribution < 1.29 is 24.6 Å². The maximum absolute atomic E-state index is 10.4. The molecule has 1 amide bonds. The molecule has 7 nitrogen and oxygen atoms in total. The molecule has 0 saturated carbocycles. The summed E-state index contributed by atoms with van der Waals surface area (Å²) < 4.78 is 2.11. The fourth-order valence-corrected chi connectivity index (χ4v) is 0.926. The van der Waals surface area contributed by atoms with Crippen molar-refractivity contribution in [2.45, 2.75) is 12.5 Å². The van der Waals surface area contributed by atoms with Crippen molar-refractivity contribution >= 4 is 29.1 Å². The van der Waals surface area contributed by atoms with E-state index in [1.54, 1.807) is 0 Å². The van der Waals surface area contributed by atoms with Crippen LogP contribution in [0, 0.1) is 0 Å². The van der Waals surface area contributed by atoms with Gasteiger partial charge in [-0.15, -0.1) is 0 Å². The van der Waals surface area contributed by atoms with E-state index in [0.29, 0.717) is 11.9 Å². The Balaban J connectivity index is 4.02. The van der Waals surface area contributed by atoms with Gasteiger partial charge in [0.05, 0.1) is 6.42 Å². The van der Waals surface area contributed by atoms with Crippen LogP contribution in [0.3, 0.4) is 0 Å². The van der Waals surface area contributed by atoms with Crippen molar-refractivity contribution in [3.05, 3.63) is 0 Å². The third-order valence-electron chi connectivity index (χ3n) is 0.979. The van der Waals surface area contributed by atoms with Crippen LogP contribution in [-0.2, 0) is 9.59 Å². The van der Waals surface area contributed by atoms with E-state index in [2.05, 4.69) is 4.72 Å². The van der Waals surface area contributed by atoms with Crippen molar-refractivity contribution in [3.8, 4) is 0 Å². The van der Waals surface area contributed by atoms with E-state index in [1.165, 1.54) is 0 Å². The highest BCUT2D eigenvalue weighted by Crippen LogP contribution is 2.00. The molecule has 74 valence electrons. The molecule has 5 N–H and O–H groups in total. The maximum atomic E-state index is 10.4. The molecule has 0 radical (unpaired) electrons. The van der Waals surface area contributed by atoms with Crippen LogP contribution in [0.4, 0.5) is 4.79 Å². The van der Waals surface area contributed by atoms with E-state index in [-0.39, 0.29) is 0 Å². The average molecular weight is 208 g/mol. The molecule has 0 aromatic rings. The van der Waals surface area contributed by atoms with Crippen LogP contribution in [0.15, 0.2) is 0 Å². The first-order valence-electron chi connectivity index (χ1n) is 3.10. The summed E-state index contributed by atoms with van der Waals surface area (Å²) in [7, 11) is 0. The fourth-order valence-electron chi connectivity index (χ4n) is 0.483. The fraction of sp³-hybridized carbons (Fsp3) is 0.400. The number of hydrogen-bond donors (Lipinski definition) is 4. The number of carboxylic acids is 2. The molecule has 0 aliphatic rings. The number of nitrogens with one attached hydrogen (secondary N) is 1. The molecule has 13 heavy (non-hydrogen) atoms. The Hall–Kier alpha value is -1.28. The van der Waals surface area contributed by atoms with Crippen molar-refractivity contribution in [2.75, 3.05) is 0 Å². The van der Waals surface area contributed by atoms with Crippen molar-refractivity contribution in [3.63, 3.8) is 0 Å². The van der Waals surface area contributed by atoms with Crippen LogP contribution in [0.25, 0.3) is 0 Å². The Morgan fingerprint density at radius 3 is 2.23 bits per heavy atom. The molecule has 0 bridgehead atoms. The molecule has 0 aromatic heterocycles. The number of amides is 1. The SMILES string of the molecule is NC(=O)SN[C@@H](CC(=O)O)C(=O)O. The molecule has 0 heterocycles. The molecule has 0 saturated heterocycles. The highest BCUT2D eigenvalue weighted by Gasteiger charge is 2.21. The van der Waals surface area contributed by atoms with Gasteiger partial charge in [0.2, 0.25) is 0 Å². The minimum Gasteiger partial charge on any atom is -0.481 e. The van der Waals surface area contributed by atoms with Gasteiger partial charge in [-0.05, 0) is 0 Å². The van der Waals surface area contributed by atoms with Gasteiger partial charge in [-0.2, -0.15) is 0 Å². The molecule has 0 aliphatic carbocycles. The number of hydrogen-bond acceptors (Lipinski definition) is 5. The molecule has 0 rings (SSSR count). The number of aliphatic carboxylic acids is 2. The zero-order chi connectivity index (χ0) is 10.4. The van der Waals surface area contributed by atoms with E-state index >= 15 is 0 Å². The first kappa shape index (κ1) is 11.7. The lowest BCUT2D eigenvalue weighted by Crippen LogP contribution is -2.35. The lowest BCUT2D eigenvalue weighted by Gasteiger charge is -2.08. The van der Waals surface area contributed by atoms with Crippen molar-refractivity contribution in [1.82, 2.24) is 4.72 Å². The van der Waals surface area contributed by atoms with Crippen LogP contribution in [0.1, 0.15) is 6.42 Å². The van der Waals surface area contributed by atoms with Gasteiger partial charge in [-0.1, -0.05) is 0 Å². The quantitative estimate of drug-likeness (QED) is 0.436. The molecule has 0 aliphatic heterocycles. The Bertz CT molecular complexity index is 231. The summed E-state index contributed by atoms with van der Waals surface area (Å²) in [6, 6.07) is -1.32. The summed E-state index contributed by atoms with van der Waals surface area (Å²) in [5.41, 5.74) is 4.69. The summed E-state index contributed by atoms with van der Waals surface area (Å²) in [6.07, 6.45) is -0.615.